The Hall–Kier alpha value is -1.83. The highest BCUT2D eigenvalue weighted by molar-refractivity contribution is 5.83. The normalized spacial score (nSPS) is 28.1. The van der Waals surface area contributed by atoms with E-state index in [-0.39, 0.29) is 22.2 Å². The summed E-state index contributed by atoms with van der Waals surface area (Å²) in [5.41, 5.74) is 6.18. The largest absolute Gasteiger partial charge is 0.463 e. The number of rotatable bonds is 5. The molecule has 0 radical (unpaired) electrons. The van der Waals surface area contributed by atoms with Gasteiger partial charge in [0.05, 0.1) is 6.61 Å². The van der Waals surface area contributed by atoms with E-state index >= 15 is 0 Å². The van der Waals surface area contributed by atoms with Crippen molar-refractivity contribution >= 4 is 5.97 Å². The summed E-state index contributed by atoms with van der Waals surface area (Å²) in [6, 6.07) is 7.24. The zero-order chi connectivity index (χ0) is 20.7. The van der Waals surface area contributed by atoms with Gasteiger partial charge in [-0.15, -0.1) is 0 Å². The number of carbonyl (C=O) groups excluding carboxylic acids is 1. The second kappa shape index (κ2) is 7.21. The number of hydrogen-bond donors (Lipinski definition) is 0. The van der Waals surface area contributed by atoms with E-state index in [0.29, 0.717) is 12.5 Å². The molecule has 0 aromatic heterocycles. The molecule has 152 valence electrons. The van der Waals surface area contributed by atoms with Crippen molar-refractivity contribution in [2.75, 3.05) is 6.61 Å². The third-order valence-electron chi connectivity index (χ3n) is 7.04. The Balaban J connectivity index is 1.80. The Morgan fingerprint density at radius 3 is 2.39 bits per heavy atom. The van der Waals surface area contributed by atoms with Gasteiger partial charge in [0.25, 0.3) is 0 Å². The van der Waals surface area contributed by atoms with Crippen molar-refractivity contribution in [3.63, 3.8) is 0 Å². The van der Waals surface area contributed by atoms with Crippen LogP contribution < -0.4 is 0 Å². The Labute approximate surface area is 171 Å². The molecular weight excluding hydrogens is 344 g/mol. The second-order valence-corrected chi connectivity index (χ2v) is 10.3. The first-order chi connectivity index (χ1) is 13.0. The lowest BCUT2D eigenvalue weighted by Crippen LogP contribution is -2.34. The van der Waals surface area contributed by atoms with Crippen molar-refractivity contribution in [3.8, 4) is 0 Å². The molecule has 2 nitrogen and oxygen atoms in total. The lowest BCUT2D eigenvalue weighted by Gasteiger charge is -2.42. The van der Waals surface area contributed by atoms with Crippen molar-refractivity contribution in [1.82, 2.24) is 0 Å². The van der Waals surface area contributed by atoms with Gasteiger partial charge in [-0.05, 0) is 77.5 Å². The molecule has 1 aromatic carbocycles. The van der Waals surface area contributed by atoms with E-state index in [2.05, 4.69) is 65.0 Å². The number of benzene rings is 1. The van der Waals surface area contributed by atoms with Crippen LogP contribution in [0.1, 0.15) is 84.4 Å². The SMILES string of the molecule is CCOC(=O)/C=C(C)/C=C/[C@@H]1C[C@]1(C)c1ccc2c(c1)C(C)(C)CCC2(C)C. The maximum atomic E-state index is 11.6. The molecule has 28 heavy (non-hydrogen) atoms. The van der Waals surface area contributed by atoms with Crippen LogP contribution in [-0.2, 0) is 25.8 Å². The van der Waals surface area contributed by atoms with Crippen molar-refractivity contribution < 1.29 is 9.53 Å². The Morgan fingerprint density at radius 1 is 1.11 bits per heavy atom. The standard InChI is InChI=1S/C26H36O2/c1-8-28-23(27)15-18(2)9-10-20-17-26(20,7)19-11-12-21-22(16-19)25(5,6)14-13-24(21,3)4/h9-12,15-16,20H,8,13-14,17H2,1-7H3/b10-9+,18-15+/t20-,26-/m1/s1. The summed E-state index contributed by atoms with van der Waals surface area (Å²) in [5, 5.41) is 0. The topological polar surface area (TPSA) is 26.3 Å². The predicted octanol–water partition coefficient (Wildman–Crippen LogP) is 6.38. The maximum Gasteiger partial charge on any atom is 0.330 e. The molecule has 0 amide bonds. The van der Waals surface area contributed by atoms with Crippen LogP contribution in [0.5, 0.6) is 0 Å². The van der Waals surface area contributed by atoms with Crippen LogP contribution in [0.4, 0.5) is 0 Å². The van der Waals surface area contributed by atoms with Gasteiger partial charge in [-0.3, -0.25) is 0 Å². The fourth-order valence-corrected chi connectivity index (χ4v) is 4.64. The quantitative estimate of drug-likeness (QED) is 0.336. The van der Waals surface area contributed by atoms with Gasteiger partial charge in [0.15, 0.2) is 0 Å². The highest BCUT2D eigenvalue weighted by atomic mass is 16.5. The molecular formula is C26H36O2. The zero-order valence-electron chi connectivity index (χ0n) is 18.7. The molecule has 2 atom stereocenters. The minimum Gasteiger partial charge on any atom is -0.463 e. The Kier molecular flexibility index (Phi) is 5.38. The highest BCUT2D eigenvalue weighted by Crippen LogP contribution is 2.56. The monoisotopic (exact) mass is 380 g/mol. The van der Waals surface area contributed by atoms with E-state index in [0.717, 1.165) is 5.57 Å². The van der Waals surface area contributed by atoms with Crippen molar-refractivity contribution in [2.24, 2.45) is 5.92 Å². The van der Waals surface area contributed by atoms with Crippen LogP contribution in [0.2, 0.25) is 0 Å². The summed E-state index contributed by atoms with van der Waals surface area (Å²) < 4.78 is 4.99. The number of fused-ring (bicyclic) bond motifs is 1. The molecule has 0 heterocycles. The van der Waals surface area contributed by atoms with Gasteiger partial charge < -0.3 is 4.74 Å². The summed E-state index contributed by atoms with van der Waals surface area (Å²) in [6.45, 7) is 16.1. The van der Waals surface area contributed by atoms with Crippen molar-refractivity contribution in [2.45, 2.75) is 84.0 Å². The molecule has 0 saturated heterocycles. The fraction of sp³-hybridized carbons (Fsp3) is 0.577. The molecule has 2 aliphatic rings. The molecule has 1 aromatic rings. The van der Waals surface area contributed by atoms with Gasteiger partial charge >= 0.3 is 5.97 Å². The number of esters is 1. The lowest BCUT2D eigenvalue weighted by molar-refractivity contribution is -0.137. The third-order valence-corrected chi connectivity index (χ3v) is 7.04. The molecule has 0 bridgehead atoms. The van der Waals surface area contributed by atoms with E-state index in [1.165, 1.54) is 36.0 Å². The van der Waals surface area contributed by atoms with E-state index in [1.54, 1.807) is 6.08 Å². The van der Waals surface area contributed by atoms with E-state index in [1.807, 2.05) is 13.8 Å². The zero-order valence-corrected chi connectivity index (χ0v) is 18.7. The smallest absolute Gasteiger partial charge is 0.330 e. The summed E-state index contributed by atoms with van der Waals surface area (Å²) in [5.74, 6) is 0.263. The summed E-state index contributed by atoms with van der Waals surface area (Å²) in [4.78, 5) is 11.6. The van der Waals surface area contributed by atoms with Crippen LogP contribution in [0.3, 0.4) is 0 Å². The van der Waals surface area contributed by atoms with Crippen LogP contribution in [-0.4, -0.2) is 12.6 Å². The summed E-state index contributed by atoms with van der Waals surface area (Å²) in [7, 11) is 0. The third kappa shape index (κ3) is 3.97. The van der Waals surface area contributed by atoms with Gasteiger partial charge in [-0.2, -0.15) is 0 Å². The van der Waals surface area contributed by atoms with Gasteiger partial charge in [-0.25, -0.2) is 4.79 Å². The van der Waals surface area contributed by atoms with E-state index in [4.69, 9.17) is 4.74 Å². The predicted molar refractivity (Wildman–Crippen MR) is 117 cm³/mol. The highest BCUT2D eigenvalue weighted by Gasteiger charge is 2.50. The van der Waals surface area contributed by atoms with Crippen LogP contribution >= 0.6 is 0 Å². The van der Waals surface area contributed by atoms with Crippen LogP contribution in [0, 0.1) is 5.92 Å². The van der Waals surface area contributed by atoms with Crippen LogP contribution in [0.15, 0.2) is 42.0 Å². The van der Waals surface area contributed by atoms with Crippen molar-refractivity contribution in [3.05, 3.63) is 58.7 Å². The maximum absolute atomic E-state index is 11.6. The lowest BCUT2D eigenvalue weighted by atomic mass is 9.62. The van der Waals surface area contributed by atoms with Gasteiger partial charge in [-0.1, -0.05) is 65.0 Å². The number of hydrogen-bond acceptors (Lipinski definition) is 2. The number of allylic oxidation sites excluding steroid dienone is 3. The van der Waals surface area contributed by atoms with Gasteiger partial charge in [0, 0.05) is 6.08 Å². The average Bonchev–Trinajstić information content (AvgIpc) is 3.29. The summed E-state index contributed by atoms with van der Waals surface area (Å²) in [6.07, 6.45) is 9.56. The molecule has 1 saturated carbocycles. The average molecular weight is 381 g/mol. The van der Waals surface area contributed by atoms with Crippen LogP contribution in [0.25, 0.3) is 0 Å². The molecule has 0 N–H and O–H groups in total. The Morgan fingerprint density at radius 2 is 1.75 bits per heavy atom. The minimum absolute atomic E-state index is 0.202. The molecule has 3 rings (SSSR count). The number of carbonyl (C=O) groups is 1. The molecule has 2 aliphatic carbocycles. The molecule has 0 unspecified atom stereocenters. The molecule has 2 heteroatoms. The first kappa shape index (κ1) is 20.9. The fourth-order valence-electron chi connectivity index (χ4n) is 4.64. The summed E-state index contributed by atoms with van der Waals surface area (Å²) >= 11 is 0. The molecule has 0 aliphatic heterocycles. The minimum atomic E-state index is -0.261. The van der Waals surface area contributed by atoms with E-state index in [9.17, 15) is 4.79 Å². The van der Waals surface area contributed by atoms with E-state index < -0.39 is 0 Å². The Bertz CT molecular complexity index is 825. The first-order valence-corrected chi connectivity index (χ1v) is 10.7. The van der Waals surface area contributed by atoms with Gasteiger partial charge in [0.2, 0.25) is 0 Å². The second-order valence-electron chi connectivity index (χ2n) is 10.3. The number of ether oxygens (including phenoxy) is 1. The first-order valence-electron chi connectivity index (χ1n) is 10.7. The van der Waals surface area contributed by atoms with Crippen molar-refractivity contribution in [1.29, 1.82) is 0 Å². The molecule has 1 fully saturated rings. The molecule has 0 spiro atoms. The van der Waals surface area contributed by atoms with Gasteiger partial charge in [0.1, 0.15) is 0 Å².